The van der Waals surface area contributed by atoms with Crippen molar-refractivity contribution in [1.82, 2.24) is 0 Å². The van der Waals surface area contributed by atoms with Gasteiger partial charge in [0.15, 0.2) is 17.6 Å². The summed E-state index contributed by atoms with van der Waals surface area (Å²) in [5.41, 5.74) is 0. The van der Waals surface area contributed by atoms with E-state index in [1.807, 2.05) is 0 Å². The Hall–Kier alpha value is 0.220. The molecule has 156 valence electrons. The molecule has 0 saturated carbocycles. The standard InChI is InChI=1S/C12H24O12S2/c13-1-5(15)10(19)11(20)12(22-25-24-23-21)7(17)4-26-3-6(16)9(18)8(26)2-14/h5-20H,1-4H2/p+1/t5-,6-,7-,8-,9+,10+,11+,12-,26+/m1/s1. The minimum Gasteiger partial charge on any atom is -0.394 e. The van der Waals surface area contributed by atoms with Crippen LogP contribution in [0.5, 0.6) is 0 Å². The van der Waals surface area contributed by atoms with E-state index in [2.05, 4.69) is 9.37 Å². The van der Waals surface area contributed by atoms with Crippen LogP contribution in [-0.2, 0) is 24.5 Å². The van der Waals surface area contributed by atoms with Crippen molar-refractivity contribution in [1.29, 1.82) is 0 Å². The largest absolute Gasteiger partial charge is 0.394 e. The average molecular weight is 425 g/mol. The van der Waals surface area contributed by atoms with Crippen LogP contribution in [0.1, 0.15) is 0 Å². The van der Waals surface area contributed by atoms with Crippen molar-refractivity contribution in [3.63, 3.8) is 0 Å². The summed E-state index contributed by atoms with van der Waals surface area (Å²) in [4.78, 5) is 0. The lowest BCUT2D eigenvalue weighted by molar-refractivity contribution is -0.434. The monoisotopic (exact) mass is 425 g/mol. The van der Waals surface area contributed by atoms with Crippen molar-refractivity contribution < 1.29 is 59.7 Å². The van der Waals surface area contributed by atoms with Crippen molar-refractivity contribution in [2.45, 2.75) is 48.0 Å². The molecule has 0 unspecified atom stereocenters. The van der Waals surface area contributed by atoms with Crippen LogP contribution in [0.15, 0.2) is 0 Å². The molecule has 0 aromatic carbocycles. The second-order valence-corrected chi connectivity index (χ2v) is 8.53. The molecule has 0 bridgehead atoms. The lowest BCUT2D eigenvalue weighted by Crippen LogP contribution is -2.52. The van der Waals surface area contributed by atoms with Crippen LogP contribution >= 0.6 is 12.3 Å². The Bertz CT molecular complexity index is 393. The van der Waals surface area contributed by atoms with Gasteiger partial charge in [-0.15, -0.1) is 4.33 Å². The molecular weight excluding hydrogens is 400 g/mol. The lowest BCUT2D eigenvalue weighted by Gasteiger charge is -2.30. The van der Waals surface area contributed by atoms with E-state index in [0.29, 0.717) is 0 Å². The first-order valence-corrected chi connectivity index (χ1v) is 9.84. The molecule has 12 nitrogen and oxygen atoms in total. The van der Waals surface area contributed by atoms with Crippen LogP contribution in [-0.4, -0.2) is 119 Å². The molecule has 0 amide bonds. The van der Waals surface area contributed by atoms with E-state index in [1.54, 1.807) is 0 Å². The fourth-order valence-corrected chi connectivity index (χ4v) is 5.63. The normalized spacial score (nSPS) is 32.2. The smallest absolute Gasteiger partial charge is 0.198 e. The highest BCUT2D eigenvalue weighted by Gasteiger charge is 2.51. The molecule has 1 aliphatic rings. The zero-order valence-corrected chi connectivity index (χ0v) is 15.1. The van der Waals surface area contributed by atoms with Crippen LogP contribution in [0.25, 0.3) is 0 Å². The van der Waals surface area contributed by atoms with E-state index in [1.165, 1.54) is 0 Å². The third-order valence-electron chi connectivity index (χ3n) is 4.01. The third kappa shape index (κ3) is 6.39. The molecule has 9 atom stereocenters. The number of aliphatic hydroxyl groups excluding tert-OH is 8. The molecule has 26 heavy (non-hydrogen) atoms. The van der Waals surface area contributed by atoms with Crippen LogP contribution in [0.4, 0.5) is 0 Å². The van der Waals surface area contributed by atoms with E-state index in [0.717, 1.165) is 0 Å². The van der Waals surface area contributed by atoms with Crippen molar-refractivity contribution in [3.05, 3.63) is 0 Å². The highest BCUT2D eigenvalue weighted by atomic mass is 32.2. The van der Waals surface area contributed by atoms with E-state index in [-0.39, 0.29) is 23.8 Å². The highest BCUT2D eigenvalue weighted by Crippen LogP contribution is 2.27. The van der Waals surface area contributed by atoms with Gasteiger partial charge in [-0.05, 0) is 0 Å². The molecule has 0 aromatic heterocycles. The van der Waals surface area contributed by atoms with Crippen molar-refractivity contribution in [3.8, 4) is 0 Å². The number of hydrogen-bond donors (Lipinski definition) is 9. The summed E-state index contributed by atoms with van der Waals surface area (Å²) in [6.07, 6.45) is -10.8. The minimum absolute atomic E-state index is 0.0278. The van der Waals surface area contributed by atoms with Gasteiger partial charge in [-0.25, -0.2) is 5.26 Å². The first-order chi connectivity index (χ1) is 12.3. The molecule has 0 radical (unpaired) electrons. The zero-order valence-electron chi connectivity index (χ0n) is 13.5. The van der Waals surface area contributed by atoms with E-state index in [4.69, 9.17) is 14.5 Å². The summed E-state index contributed by atoms with van der Waals surface area (Å²) in [7, 11) is -0.841. The first kappa shape index (κ1) is 24.3. The van der Waals surface area contributed by atoms with Crippen molar-refractivity contribution in [2.24, 2.45) is 0 Å². The fourth-order valence-electron chi connectivity index (χ4n) is 2.56. The average Bonchev–Trinajstić information content (AvgIpc) is 2.89. The Morgan fingerprint density at radius 2 is 1.69 bits per heavy atom. The predicted molar refractivity (Wildman–Crippen MR) is 88.4 cm³/mol. The quantitative estimate of drug-likeness (QED) is 0.0475. The van der Waals surface area contributed by atoms with Gasteiger partial charge in [0.2, 0.25) is 0 Å². The van der Waals surface area contributed by atoms with E-state index in [9.17, 15) is 35.7 Å². The summed E-state index contributed by atoms with van der Waals surface area (Å²) in [6.45, 7) is -1.29. The summed E-state index contributed by atoms with van der Waals surface area (Å²) < 4.78 is 8.92. The number of aliphatic hydroxyl groups is 8. The maximum atomic E-state index is 10.4. The number of hydrogen-bond acceptors (Lipinski definition) is 13. The molecule has 0 aliphatic carbocycles. The first-order valence-electron chi connectivity index (χ1n) is 7.55. The summed E-state index contributed by atoms with van der Waals surface area (Å²) in [5.74, 6) is -0.0129. The van der Waals surface area contributed by atoms with Gasteiger partial charge in [-0.2, -0.15) is 0 Å². The Morgan fingerprint density at radius 3 is 2.23 bits per heavy atom. The molecule has 1 heterocycles. The van der Waals surface area contributed by atoms with Gasteiger partial charge in [0.05, 0.1) is 13.2 Å². The van der Waals surface area contributed by atoms with Gasteiger partial charge in [-0.3, -0.25) is 4.18 Å². The van der Waals surface area contributed by atoms with E-state index < -0.39 is 72.1 Å². The predicted octanol–water partition coefficient (Wildman–Crippen LogP) is -4.49. The maximum Gasteiger partial charge on any atom is 0.198 e. The second-order valence-electron chi connectivity index (χ2n) is 5.72. The Labute approximate surface area is 156 Å². The summed E-state index contributed by atoms with van der Waals surface area (Å²) in [6, 6.07) is 0. The van der Waals surface area contributed by atoms with Crippen LogP contribution in [0.2, 0.25) is 0 Å². The molecule has 1 rings (SSSR count). The molecule has 14 heteroatoms. The highest BCUT2D eigenvalue weighted by molar-refractivity contribution is 7.97. The van der Waals surface area contributed by atoms with Gasteiger partial charge in [0.1, 0.15) is 54.2 Å². The molecule has 1 saturated heterocycles. The van der Waals surface area contributed by atoms with Gasteiger partial charge >= 0.3 is 0 Å². The number of rotatable bonds is 12. The summed E-state index contributed by atoms with van der Waals surface area (Å²) in [5, 5.41) is 88.2. The minimum atomic E-state index is -1.88. The Morgan fingerprint density at radius 1 is 1.04 bits per heavy atom. The summed E-state index contributed by atoms with van der Waals surface area (Å²) >= 11 is 0.0278. The molecule has 0 spiro atoms. The SMILES string of the molecule is OC[C@@H](O)[C@H](O)[C@H](O)[C@H](OSOOO)[C@H](O)C[S@+]1C[C@@H](O)[C@H](O)[C@H]1CO. The molecular formula is C12H25O12S2+. The zero-order chi connectivity index (χ0) is 19.9. The topological polar surface area (TPSA) is 210 Å². The lowest BCUT2D eigenvalue weighted by atomic mass is 10.0. The Kier molecular flexibility index (Phi) is 11.1. The van der Waals surface area contributed by atoms with Gasteiger partial charge < -0.3 is 40.9 Å². The van der Waals surface area contributed by atoms with Crippen LogP contribution < -0.4 is 0 Å². The molecule has 1 fully saturated rings. The van der Waals surface area contributed by atoms with Crippen molar-refractivity contribution in [2.75, 3.05) is 24.7 Å². The van der Waals surface area contributed by atoms with E-state index >= 15 is 0 Å². The second kappa shape index (κ2) is 11.9. The van der Waals surface area contributed by atoms with Gasteiger partial charge in [0.25, 0.3) is 0 Å². The molecule has 0 aromatic rings. The molecule has 9 N–H and O–H groups in total. The maximum absolute atomic E-state index is 10.4. The molecule has 1 aliphatic heterocycles. The Balaban J connectivity index is 2.81. The van der Waals surface area contributed by atoms with Crippen LogP contribution in [0, 0.1) is 0 Å². The van der Waals surface area contributed by atoms with Crippen LogP contribution in [0.3, 0.4) is 0 Å². The van der Waals surface area contributed by atoms with Gasteiger partial charge in [-0.1, -0.05) is 5.04 Å². The third-order valence-corrected chi connectivity index (χ3v) is 7.25. The van der Waals surface area contributed by atoms with Crippen molar-refractivity contribution >= 4 is 23.2 Å². The van der Waals surface area contributed by atoms with Gasteiger partial charge in [0, 0.05) is 10.9 Å². The fraction of sp³-hybridized carbons (Fsp3) is 1.00.